The van der Waals surface area contributed by atoms with Crippen LogP contribution in [0.2, 0.25) is 0 Å². The van der Waals surface area contributed by atoms with Crippen molar-refractivity contribution in [3.63, 3.8) is 0 Å². The summed E-state index contributed by atoms with van der Waals surface area (Å²) in [5.74, 6) is -0.845. The van der Waals surface area contributed by atoms with E-state index in [1.54, 1.807) is 6.07 Å². The molecule has 0 atom stereocenters. The van der Waals surface area contributed by atoms with Crippen molar-refractivity contribution in [2.75, 3.05) is 0 Å². The Morgan fingerprint density at radius 2 is 2.27 bits per heavy atom. The Morgan fingerprint density at radius 1 is 1.47 bits per heavy atom. The third kappa shape index (κ3) is 1.61. The maximum atomic E-state index is 11.1. The van der Waals surface area contributed by atoms with Crippen LogP contribution in [0.1, 0.15) is 29.4 Å². The summed E-state index contributed by atoms with van der Waals surface area (Å²) in [5, 5.41) is 9.08. The Hall–Kier alpha value is -1.77. The highest BCUT2D eigenvalue weighted by atomic mass is 16.4. The molecular formula is C12H13NO2. The van der Waals surface area contributed by atoms with Crippen molar-refractivity contribution in [2.24, 2.45) is 0 Å². The topological polar surface area (TPSA) is 41.7 Å². The summed E-state index contributed by atoms with van der Waals surface area (Å²) in [5.41, 5.74) is 2.25. The third-order valence-corrected chi connectivity index (χ3v) is 2.50. The number of hydrogen-bond donors (Lipinski definition) is 1. The summed E-state index contributed by atoms with van der Waals surface area (Å²) in [7, 11) is 0. The molecule has 0 spiro atoms. The van der Waals surface area contributed by atoms with Gasteiger partial charge in [-0.05, 0) is 24.6 Å². The molecule has 0 aliphatic heterocycles. The number of aromatic carboxylic acids is 1. The van der Waals surface area contributed by atoms with Crippen LogP contribution in [-0.2, 0) is 6.42 Å². The lowest BCUT2D eigenvalue weighted by atomic mass is 10.1. The van der Waals surface area contributed by atoms with E-state index in [1.807, 2.05) is 35.7 Å². The van der Waals surface area contributed by atoms with E-state index in [1.165, 1.54) is 0 Å². The Balaban J connectivity index is 2.68. The molecule has 0 aromatic carbocycles. The Bertz CT molecular complexity index is 499. The predicted octanol–water partition coefficient (Wildman–Crippen LogP) is 2.59. The van der Waals surface area contributed by atoms with Crippen molar-refractivity contribution >= 4 is 11.5 Å². The van der Waals surface area contributed by atoms with Gasteiger partial charge >= 0.3 is 5.97 Å². The molecule has 0 saturated heterocycles. The zero-order valence-corrected chi connectivity index (χ0v) is 8.60. The second kappa shape index (κ2) is 3.77. The zero-order chi connectivity index (χ0) is 10.8. The minimum atomic E-state index is -0.845. The first-order chi connectivity index (χ1) is 7.24. The SMILES string of the molecule is CCCc1c(C(=O)O)cc2ccccn12. The molecular weight excluding hydrogens is 190 g/mol. The molecule has 78 valence electrons. The van der Waals surface area contributed by atoms with Crippen molar-refractivity contribution in [2.45, 2.75) is 19.8 Å². The lowest BCUT2D eigenvalue weighted by Gasteiger charge is -2.01. The molecule has 3 nitrogen and oxygen atoms in total. The number of fused-ring (bicyclic) bond motifs is 1. The number of pyridine rings is 1. The number of carboxylic acids is 1. The Morgan fingerprint density at radius 3 is 2.93 bits per heavy atom. The molecule has 0 bridgehead atoms. The lowest BCUT2D eigenvalue weighted by Crippen LogP contribution is -2.01. The van der Waals surface area contributed by atoms with E-state index in [4.69, 9.17) is 5.11 Å². The second-order valence-corrected chi connectivity index (χ2v) is 3.56. The molecule has 2 aromatic heterocycles. The first-order valence-corrected chi connectivity index (χ1v) is 5.06. The fourth-order valence-electron chi connectivity index (χ4n) is 1.86. The standard InChI is InChI=1S/C12H13NO2/c1-2-5-11-10(12(14)15)8-9-6-3-4-7-13(9)11/h3-4,6-8H,2,5H2,1H3,(H,14,15). The summed E-state index contributed by atoms with van der Waals surface area (Å²) in [4.78, 5) is 11.1. The minimum absolute atomic E-state index is 0.419. The largest absolute Gasteiger partial charge is 0.478 e. The van der Waals surface area contributed by atoms with Crippen LogP contribution in [0.5, 0.6) is 0 Å². The van der Waals surface area contributed by atoms with Gasteiger partial charge in [-0.25, -0.2) is 4.79 Å². The molecule has 2 heterocycles. The number of aryl methyl sites for hydroxylation is 1. The van der Waals surface area contributed by atoms with E-state index in [0.717, 1.165) is 24.1 Å². The van der Waals surface area contributed by atoms with Crippen molar-refractivity contribution in [3.05, 3.63) is 41.7 Å². The van der Waals surface area contributed by atoms with Crippen LogP contribution in [0.25, 0.3) is 5.52 Å². The second-order valence-electron chi connectivity index (χ2n) is 3.56. The van der Waals surface area contributed by atoms with E-state index >= 15 is 0 Å². The van der Waals surface area contributed by atoms with Gasteiger partial charge in [0.25, 0.3) is 0 Å². The highest BCUT2D eigenvalue weighted by Gasteiger charge is 2.14. The van der Waals surface area contributed by atoms with E-state index in [0.29, 0.717) is 5.56 Å². The maximum Gasteiger partial charge on any atom is 0.337 e. The van der Waals surface area contributed by atoms with Crippen molar-refractivity contribution in [1.29, 1.82) is 0 Å². The molecule has 2 rings (SSSR count). The monoisotopic (exact) mass is 203 g/mol. The highest BCUT2D eigenvalue weighted by molar-refractivity contribution is 5.91. The van der Waals surface area contributed by atoms with Crippen LogP contribution < -0.4 is 0 Å². The van der Waals surface area contributed by atoms with E-state index in [2.05, 4.69) is 0 Å². The van der Waals surface area contributed by atoms with Crippen LogP contribution in [0, 0.1) is 0 Å². The molecule has 0 fully saturated rings. The zero-order valence-electron chi connectivity index (χ0n) is 8.60. The van der Waals surface area contributed by atoms with Gasteiger partial charge in [-0.3, -0.25) is 0 Å². The average Bonchev–Trinajstić information content (AvgIpc) is 2.58. The van der Waals surface area contributed by atoms with E-state index in [-0.39, 0.29) is 0 Å². The Labute approximate surface area is 88.0 Å². The average molecular weight is 203 g/mol. The molecule has 15 heavy (non-hydrogen) atoms. The minimum Gasteiger partial charge on any atom is -0.478 e. The molecule has 0 amide bonds. The van der Waals surface area contributed by atoms with Gasteiger partial charge in [-0.2, -0.15) is 0 Å². The van der Waals surface area contributed by atoms with Crippen LogP contribution in [-0.4, -0.2) is 15.5 Å². The van der Waals surface area contributed by atoms with Crippen molar-refractivity contribution in [3.8, 4) is 0 Å². The molecule has 0 aliphatic carbocycles. The van der Waals surface area contributed by atoms with Crippen molar-refractivity contribution in [1.82, 2.24) is 4.40 Å². The first-order valence-electron chi connectivity index (χ1n) is 5.06. The molecule has 2 aromatic rings. The fourth-order valence-corrected chi connectivity index (χ4v) is 1.86. The molecule has 0 radical (unpaired) electrons. The molecule has 1 N–H and O–H groups in total. The van der Waals surface area contributed by atoms with E-state index in [9.17, 15) is 4.79 Å². The number of nitrogens with zero attached hydrogens (tertiary/aromatic N) is 1. The molecule has 0 aliphatic rings. The van der Waals surface area contributed by atoms with Crippen LogP contribution in [0.15, 0.2) is 30.5 Å². The number of aromatic nitrogens is 1. The maximum absolute atomic E-state index is 11.1. The smallest absolute Gasteiger partial charge is 0.337 e. The highest BCUT2D eigenvalue weighted by Crippen LogP contribution is 2.18. The summed E-state index contributed by atoms with van der Waals surface area (Å²) < 4.78 is 1.95. The van der Waals surface area contributed by atoms with Gasteiger partial charge in [0.1, 0.15) is 0 Å². The number of carboxylic acid groups (broad SMARTS) is 1. The number of rotatable bonds is 3. The summed E-state index contributed by atoms with van der Waals surface area (Å²) >= 11 is 0. The Kier molecular flexibility index (Phi) is 2.46. The molecule has 3 heteroatoms. The van der Waals surface area contributed by atoms with Gasteiger partial charge < -0.3 is 9.51 Å². The summed E-state index contributed by atoms with van der Waals surface area (Å²) in [6.45, 7) is 2.05. The van der Waals surface area contributed by atoms with Crippen LogP contribution >= 0.6 is 0 Å². The molecule has 0 saturated carbocycles. The quantitative estimate of drug-likeness (QED) is 0.833. The van der Waals surface area contributed by atoms with Gasteiger partial charge in [0.15, 0.2) is 0 Å². The van der Waals surface area contributed by atoms with Crippen LogP contribution in [0.3, 0.4) is 0 Å². The number of hydrogen-bond acceptors (Lipinski definition) is 1. The van der Waals surface area contributed by atoms with Gasteiger partial charge in [-0.15, -0.1) is 0 Å². The predicted molar refractivity (Wildman–Crippen MR) is 58.4 cm³/mol. The summed E-state index contributed by atoms with van der Waals surface area (Å²) in [6.07, 6.45) is 3.65. The van der Waals surface area contributed by atoms with E-state index < -0.39 is 5.97 Å². The van der Waals surface area contributed by atoms with Crippen molar-refractivity contribution < 1.29 is 9.90 Å². The van der Waals surface area contributed by atoms with Gasteiger partial charge in [-0.1, -0.05) is 19.4 Å². The molecule has 0 unspecified atom stereocenters. The summed E-state index contributed by atoms with van der Waals surface area (Å²) in [6, 6.07) is 7.48. The lowest BCUT2D eigenvalue weighted by molar-refractivity contribution is 0.0696. The van der Waals surface area contributed by atoms with Gasteiger partial charge in [0, 0.05) is 17.4 Å². The van der Waals surface area contributed by atoms with Crippen LogP contribution in [0.4, 0.5) is 0 Å². The first kappa shape index (κ1) is 9.77. The number of carbonyl (C=O) groups is 1. The van der Waals surface area contributed by atoms with Gasteiger partial charge in [0.2, 0.25) is 0 Å². The van der Waals surface area contributed by atoms with Gasteiger partial charge in [0.05, 0.1) is 5.56 Å². The fraction of sp³-hybridized carbons (Fsp3) is 0.250. The third-order valence-electron chi connectivity index (χ3n) is 2.50. The normalized spacial score (nSPS) is 10.7.